The molecule has 3 amide bonds. The van der Waals surface area contributed by atoms with E-state index in [4.69, 9.17) is 11.6 Å². The Balaban J connectivity index is 1.43. The van der Waals surface area contributed by atoms with Crippen molar-refractivity contribution in [1.82, 2.24) is 10.3 Å². The lowest BCUT2D eigenvalue weighted by atomic mass is 10.2. The van der Waals surface area contributed by atoms with Crippen molar-refractivity contribution in [2.45, 2.75) is 12.8 Å². The standard InChI is InChI=1S/C23H21ClN4O3/c24-18-10-8-16(9-11-18)22(30)26-13-3-7-21(29)27-19-5-1-6-20(14-19)28-23(31)17-4-2-12-25-15-17/h1-2,4-6,8-12,14-15H,3,7,13H2,(H,26,30)(H,27,29)(H,28,31). The molecular formula is C23H21ClN4O3. The lowest BCUT2D eigenvalue weighted by Gasteiger charge is -2.09. The average Bonchev–Trinajstić information content (AvgIpc) is 2.78. The molecule has 3 N–H and O–H groups in total. The molecule has 0 saturated heterocycles. The average molecular weight is 437 g/mol. The van der Waals surface area contributed by atoms with Gasteiger partial charge in [0.05, 0.1) is 5.56 Å². The van der Waals surface area contributed by atoms with E-state index in [-0.39, 0.29) is 24.1 Å². The van der Waals surface area contributed by atoms with Crippen molar-refractivity contribution in [3.63, 3.8) is 0 Å². The van der Waals surface area contributed by atoms with Crippen LogP contribution in [0.25, 0.3) is 0 Å². The Morgan fingerprint density at radius 2 is 1.58 bits per heavy atom. The smallest absolute Gasteiger partial charge is 0.257 e. The number of pyridine rings is 1. The van der Waals surface area contributed by atoms with Gasteiger partial charge in [-0.2, -0.15) is 0 Å². The van der Waals surface area contributed by atoms with E-state index < -0.39 is 0 Å². The SMILES string of the molecule is O=C(CCCNC(=O)c1ccc(Cl)cc1)Nc1cccc(NC(=O)c2cccnc2)c1. The molecule has 0 bridgehead atoms. The molecule has 0 saturated carbocycles. The minimum absolute atomic E-state index is 0.184. The molecule has 0 radical (unpaired) electrons. The van der Waals surface area contributed by atoms with Crippen molar-refractivity contribution in [1.29, 1.82) is 0 Å². The fourth-order valence-corrected chi connectivity index (χ4v) is 2.88. The van der Waals surface area contributed by atoms with Gasteiger partial charge in [0.15, 0.2) is 0 Å². The maximum absolute atomic E-state index is 12.2. The largest absolute Gasteiger partial charge is 0.352 e. The van der Waals surface area contributed by atoms with Gasteiger partial charge in [-0.25, -0.2) is 0 Å². The first-order valence-electron chi connectivity index (χ1n) is 9.66. The number of carbonyl (C=O) groups is 3. The highest BCUT2D eigenvalue weighted by molar-refractivity contribution is 6.30. The summed E-state index contributed by atoms with van der Waals surface area (Å²) in [5.74, 6) is -0.682. The van der Waals surface area contributed by atoms with Gasteiger partial charge in [-0.3, -0.25) is 19.4 Å². The zero-order chi connectivity index (χ0) is 22.1. The summed E-state index contributed by atoms with van der Waals surface area (Å²) < 4.78 is 0. The third-order valence-electron chi connectivity index (χ3n) is 4.30. The molecule has 0 fully saturated rings. The van der Waals surface area contributed by atoms with Gasteiger partial charge in [-0.15, -0.1) is 0 Å². The molecule has 0 aliphatic carbocycles. The van der Waals surface area contributed by atoms with Crippen LogP contribution >= 0.6 is 11.6 Å². The number of benzene rings is 2. The molecule has 0 aliphatic heterocycles. The minimum Gasteiger partial charge on any atom is -0.352 e. The van der Waals surface area contributed by atoms with E-state index in [9.17, 15) is 14.4 Å². The van der Waals surface area contributed by atoms with Gasteiger partial charge in [-0.05, 0) is 61.0 Å². The van der Waals surface area contributed by atoms with E-state index in [0.717, 1.165) is 0 Å². The number of halogens is 1. The summed E-state index contributed by atoms with van der Waals surface area (Å²) >= 11 is 5.81. The monoisotopic (exact) mass is 436 g/mol. The Labute approximate surface area is 184 Å². The van der Waals surface area contributed by atoms with Crippen LogP contribution in [-0.2, 0) is 4.79 Å². The van der Waals surface area contributed by atoms with Crippen molar-refractivity contribution < 1.29 is 14.4 Å². The number of nitrogens with one attached hydrogen (secondary N) is 3. The molecule has 3 rings (SSSR count). The molecule has 2 aromatic carbocycles. The van der Waals surface area contributed by atoms with Gasteiger partial charge >= 0.3 is 0 Å². The number of nitrogens with zero attached hydrogens (tertiary/aromatic N) is 1. The summed E-state index contributed by atoms with van der Waals surface area (Å²) in [6.45, 7) is 0.371. The topological polar surface area (TPSA) is 100 Å². The molecular weight excluding hydrogens is 416 g/mol. The zero-order valence-electron chi connectivity index (χ0n) is 16.6. The lowest BCUT2D eigenvalue weighted by molar-refractivity contribution is -0.116. The van der Waals surface area contributed by atoms with E-state index in [2.05, 4.69) is 20.9 Å². The van der Waals surface area contributed by atoms with Crippen LogP contribution in [0.15, 0.2) is 73.1 Å². The van der Waals surface area contributed by atoms with Gasteiger partial charge in [0, 0.05) is 47.3 Å². The van der Waals surface area contributed by atoms with Gasteiger partial charge in [-0.1, -0.05) is 17.7 Å². The van der Waals surface area contributed by atoms with Crippen molar-refractivity contribution in [3.8, 4) is 0 Å². The summed E-state index contributed by atoms with van der Waals surface area (Å²) in [6, 6.07) is 16.8. The summed E-state index contributed by atoms with van der Waals surface area (Å²) in [5.41, 5.74) is 2.08. The van der Waals surface area contributed by atoms with Crippen molar-refractivity contribution in [3.05, 3.63) is 89.2 Å². The molecule has 0 spiro atoms. The number of carbonyl (C=O) groups excluding carboxylic acids is 3. The molecule has 8 heteroatoms. The van der Waals surface area contributed by atoms with Crippen LogP contribution in [0.5, 0.6) is 0 Å². The lowest BCUT2D eigenvalue weighted by Crippen LogP contribution is -2.25. The van der Waals surface area contributed by atoms with Crippen LogP contribution in [0.3, 0.4) is 0 Å². The summed E-state index contributed by atoms with van der Waals surface area (Å²) in [7, 11) is 0. The van der Waals surface area contributed by atoms with Crippen LogP contribution in [0.4, 0.5) is 11.4 Å². The second kappa shape index (κ2) is 10.9. The maximum atomic E-state index is 12.2. The van der Waals surface area contributed by atoms with Crippen molar-refractivity contribution in [2.24, 2.45) is 0 Å². The van der Waals surface area contributed by atoms with Gasteiger partial charge in [0.2, 0.25) is 5.91 Å². The predicted molar refractivity (Wildman–Crippen MR) is 120 cm³/mol. The van der Waals surface area contributed by atoms with E-state index in [1.54, 1.807) is 66.9 Å². The van der Waals surface area contributed by atoms with E-state index in [0.29, 0.717) is 40.5 Å². The van der Waals surface area contributed by atoms with Crippen LogP contribution < -0.4 is 16.0 Å². The highest BCUT2D eigenvalue weighted by Gasteiger charge is 2.08. The van der Waals surface area contributed by atoms with Crippen LogP contribution in [-0.4, -0.2) is 29.3 Å². The van der Waals surface area contributed by atoms with Crippen molar-refractivity contribution >= 4 is 40.7 Å². The minimum atomic E-state index is -0.284. The number of amides is 3. The molecule has 0 atom stereocenters. The number of hydrogen-bond donors (Lipinski definition) is 3. The molecule has 31 heavy (non-hydrogen) atoms. The number of rotatable bonds is 8. The Bertz CT molecular complexity index is 1060. The Kier molecular flexibility index (Phi) is 7.73. The zero-order valence-corrected chi connectivity index (χ0v) is 17.4. The molecule has 7 nitrogen and oxygen atoms in total. The van der Waals surface area contributed by atoms with Gasteiger partial charge < -0.3 is 16.0 Å². The van der Waals surface area contributed by atoms with E-state index >= 15 is 0 Å². The van der Waals surface area contributed by atoms with Crippen LogP contribution in [0, 0.1) is 0 Å². The van der Waals surface area contributed by atoms with E-state index in [1.165, 1.54) is 6.20 Å². The normalized spacial score (nSPS) is 10.2. The number of anilines is 2. The highest BCUT2D eigenvalue weighted by atomic mass is 35.5. The van der Waals surface area contributed by atoms with E-state index in [1.807, 2.05) is 0 Å². The third-order valence-corrected chi connectivity index (χ3v) is 4.55. The highest BCUT2D eigenvalue weighted by Crippen LogP contribution is 2.16. The van der Waals surface area contributed by atoms with Crippen LogP contribution in [0.1, 0.15) is 33.6 Å². The van der Waals surface area contributed by atoms with Crippen molar-refractivity contribution in [2.75, 3.05) is 17.2 Å². The fraction of sp³-hybridized carbons (Fsp3) is 0.130. The summed E-state index contributed by atoms with van der Waals surface area (Å²) in [6.07, 6.45) is 3.80. The van der Waals surface area contributed by atoms with Gasteiger partial charge in [0.25, 0.3) is 11.8 Å². The van der Waals surface area contributed by atoms with Gasteiger partial charge in [0.1, 0.15) is 0 Å². The first kappa shape index (κ1) is 22.0. The summed E-state index contributed by atoms with van der Waals surface area (Å²) in [5, 5.41) is 8.89. The third kappa shape index (κ3) is 6.94. The molecule has 158 valence electrons. The molecule has 0 aliphatic rings. The Morgan fingerprint density at radius 1 is 0.839 bits per heavy atom. The number of hydrogen-bond acceptors (Lipinski definition) is 4. The molecule has 0 unspecified atom stereocenters. The maximum Gasteiger partial charge on any atom is 0.257 e. The Morgan fingerprint density at radius 3 is 2.29 bits per heavy atom. The summed E-state index contributed by atoms with van der Waals surface area (Å²) in [4.78, 5) is 40.4. The first-order valence-corrected chi connectivity index (χ1v) is 10.0. The quantitative estimate of drug-likeness (QED) is 0.462. The predicted octanol–water partition coefficient (Wildman–Crippen LogP) is 4.14. The fourth-order valence-electron chi connectivity index (χ4n) is 2.75. The second-order valence-electron chi connectivity index (χ2n) is 6.69. The molecule has 3 aromatic rings. The molecule has 1 heterocycles. The Hall–Kier alpha value is -3.71. The second-order valence-corrected chi connectivity index (χ2v) is 7.13. The first-order chi connectivity index (χ1) is 15.0. The van der Waals surface area contributed by atoms with Crippen LogP contribution in [0.2, 0.25) is 5.02 Å². The number of aromatic nitrogens is 1. The molecule has 1 aromatic heterocycles.